The second-order valence-corrected chi connectivity index (χ2v) is 26.3. The smallest absolute Gasteiger partial charge is 0.305 e. The molecule has 0 spiro atoms. The number of unbranched alkanes of at least 4 members (excludes halogenated alkanes) is 53. The Morgan fingerprint density at radius 2 is 0.581 bits per heavy atom. The molecule has 0 rings (SSSR count). The van der Waals surface area contributed by atoms with Gasteiger partial charge in [-0.15, -0.1) is 0 Å². The minimum Gasteiger partial charge on any atom is -0.466 e. The fourth-order valence-corrected chi connectivity index (χ4v) is 11.9. The number of carbonyl (C=O) groups is 2. The molecule has 2 unspecified atom stereocenters. The minimum atomic E-state index is -0.846. The molecule has 0 fully saturated rings. The lowest BCUT2D eigenvalue weighted by Crippen LogP contribution is -2.45. The van der Waals surface area contributed by atoms with Gasteiger partial charge in [0.2, 0.25) is 5.91 Å². The lowest BCUT2D eigenvalue weighted by Gasteiger charge is -2.20. The Kier molecular flexibility index (Phi) is 72.9. The summed E-state index contributed by atoms with van der Waals surface area (Å²) in [4.78, 5) is 24.6. The highest BCUT2D eigenvalue weighted by Crippen LogP contribution is 2.19. The highest BCUT2D eigenvalue weighted by Gasteiger charge is 2.18. The summed E-state index contributed by atoms with van der Waals surface area (Å²) in [5, 5.41) is 23.2. The molecule has 504 valence electrons. The van der Waals surface area contributed by atoms with Gasteiger partial charge in [-0.3, -0.25) is 9.59 Å². The summed E-state index contributed by atoms with van der Waals surface area (Å²) >= 11 is 0. The van der Waals surface area contributed by atoms with Crippen LogP contribution in [0.1, 0.15) is 412 Å². The normalized spacial score (nSPS) is 12.8. The number of amides is 1. The highest BCUT2D eigenvalue weighted by atomic mass is 16.5. The number of ether oxygens (including phenoxy) is 1. The van der Waals surface area contributed by atoms with E-state index in [0.717, 1.165) is 57.8 Å². The van der Waals surface area contributed by atoms with Crippen molar-refractivity contribution in [2.24, 2.45) is 0 Å². The monoisotopic (exact) mass is 1200 g/mol. The molecule has 0 aliphatic rings. The first-order valence-corrected chi connectivity index (χ1v) is 38.6. The van der Waals surface area contributed by atoms with Gasteiger partial charge in [0.1, 0.15) is 0 Å². The lowest BCUT2D eigenvalue weighted by atomic mass is 10.0. The van der Waals surface area contributed by atoms with Crippen molar-refractivity contribution >= 4 is 11.9 Å². The van der Waals surface area contributed by atoms with Crippen LogP contribution in [-0.2, 0) is 14.3 Å². The lowest BCUT2D eigenvalue weighted by molar-refractivity contribution is -0.143. The molecular weight excluding hydrogens is 1050 g/mol. The van der Waals surface area contributed by atoms with E-state index in [2.05, 4.69) is 67.8 Å². The summed E-state index contributed by atoms with van der Waals surface area (Å²) in [6, 6.07) is -0.629. The Hall–Kier alpha value is -2.44. The quantitative estimate of drug-likeness (QED) is 0.0320. The van der Waals surface area contributed by atoms with Crippen molar-refractivity contribution in [2.75, 3.05) is 13.2 Å². The first kappa shape index (κ1) is 83.6. The maximum atomic E-state index is 12.5. The number of carbonyl (C=O) groups excluding carboxylic acids is 2. The van der Waals surface area contributed by atoms with Crippen LogP contribution < -0.4 is 5.32 Å². The third kappa shape index (κ3) is 70.6. The molecule has 6 heteroatoms. The van der Waals surface area contributed by atoms with Crippen LogP contribution in [0.25, 0.3) is 0 Å². The van der Waals surface area contributed by atoms with Crippen molar-refractivity contribution in [3.63, 3.8) is 0 Å². The number of hydrogen-bond donors (Lipinski definition) is 3. The molecule has 0 aliphatic heterocycles. The Labute approximate surface area is 537 Å². The number of esters is 1. The van der Waals surface area contributed by atoms with Crippen molar-refractivity contribution in [3.8, 4) is 0 Å². The minimum absolute atomic E-state index is 0.00929. The average molecular weight is 1210 g/mol. The SMILES string of the molecule is CCCCC/C=C\C/C=C\CCCCCCCCCCCC(=O)OCCCCCCCCCCC/C=C\C/C=C\CCCCCCCCCCCCCCCCCC(=O)NC(CO)C(O)/C=C/CCCCCCCCCCCCCCCCCCC. The molecule has 0 bridgehead atoms. The van der Waals surface area contributed by atoms with Crippen LogP contribution in [0.2, 0.25) is 0 Å². The van der Waals surface area contributed by atoms with Gasteiger partial charge < -0.3 is 20.3 Å². The van der Waals surface area contributed by atoms with Gasteiger partial charge in [-0.1, -0.05) is 364 Å². The fraction of sp³-hybridized carbons (Fsp3) is 0.850. The Morgan fingerprint density at radius 1 is 0.326 bits per heavy atom. The average Bonchev–Trinajstić information content (AvgIpc) is 3.54. The van der Waals surface area contributed by atoms with E-state index >= 15 is 0 Å². The topological polar surface area (TPSA) is 95.9 Å². The number of allylic oxidation sites excluding steroid dienone is 9. The predicted molar refractivity (Wildman–Crippen MR) is 379 cm³/mol. The molecule has 0 aromatic rings. The molecule has 6 nitrogen and oxygen atoms in total. The number of aliphatic hydroxyl groups excluding tert-OH is 2. The molecular formula is C80H149NO5. The molecule has 0 saturated carbocycles. The van der Waals surface area contributed by atoms with E-state index in [0.29, 0.717) is 19.4 Å². The summed E-state index contributed by atoms with van der Waals surface area (Å²) in [6.45, 7) is 4.91. The second-order valence-electron chi connectivity index (χ2n) is 26.3. The Balaban J connectivity index is 3.41. The van der Waals surface area contributed by atoms with E-state index in [1.807, 2.05) is 6.08 Å². The van der Waals surface area contributed by atoms with Gasteiger partial charge in [0.15, 0.2) is 0 Å². The Bertz CT molecular complexity index is 1480. The van der Waals surface area contributed by atoms with E-state index in [1.54, 1.807) is 6.08 Å². The van der Waals surface area contributed by atoms with Gasteiger partial charge in [0.25, 0.3) is 0 Å². The molecule has 0 aromatic carbocycles. The standard InChI is InChI=1S/C80H149NO5/c1-3-5-7-9-11-13-15-17-19-21-36-40-44-48-52-56-60-64-68-72-78(83)77(76-82)81-79(84)73-69-65-61-57-53-49-45-41-38-34-32-30-28-26-24-23-25-27-29-31-33-35-39-43-47-51-55-59-63-67-71-75-86-80(85)74-70-66-62-58-54-50-46-42-37-22-20-18-16-14-12-10-8-6-4-2/h12,14,18,20,25,27,31,33,68,72,77-78,82-83H,3-11,13,15-17,19,21-24,26,28-30,32,34-67,69-71,73-76H2,1-2H3,(H,81,84)/b14-12-,20-18-,27-25-,33-31-,72-68+. The third-order valence-electron chi connectivity index (χ3n) is 17.8. The highest BCUT2D eigenvalue weighted by molar-refractivity contribution is 5.76. The molecule has 2 atom stereocenters. The van der Waals surface area contributed by atoms with Crippen molar-refractivity contribution in [1.29, 1.82) is 0 Å². The van der Waals surface area contributed by atoms with Crippen LogP contribution in [0, 0.1) is 0 Å². The second kappa shape index (κ2) is 75.0. The zero-order valence-electron chi connectivity index (χ0n) is 57.8. The third-order valence-corrected chi connectivity index (χ3v) is 17.8. The summed E-state index contributed by atoms with van der Waals surface area (Å²) < 4.78 is 5.51. The van der Waals surface area contributed by atoms with Crippen molar-refractivity contribution < 1.29 is 24.5 Å². The van der Waals surface area contributed by atoms with Gasteiger partial charge in [-0.05, 0) is 96.3 Å². The largest absolute Gasteiger partial charge is 0.466 e. The summed E-state index contributed by atoms with van der Waals surface area (Å²) in [5.41, 5.74) is 0. The maximum Gasteiger partial charge on any atom is 0.305 e. The van der Waals surface area contributed by atoms with Gasteiger partial charge >= 0.3 is 5.97 Å². The summed E-state index contributed by atoms with van der Waals surface area (Å²) in [7, 11) is 0. The van der Waals surface area contributed by atoms with Crippen LogP contribution in [0.4, 0.5) is 0 Å². The summed E-state index contributed by atoms with van der Waals surface area (Å²) in [5.74, 6) is -0.0551. The van der Waals surface area contributed by atoms with Crippen molar-refractivity contribution in [3.05, 3.63) is 60.8 Å². The Morgan fingerprint density at radius 3 is 0.907 bits per heavy atom. The molecule has 1 amide bonds. The number of nitrogens with one attached hydrogen (secondary N) is 1. The van der Waals surface area contributed by atoms with Crippen molar-refractivity contribution in [2.45, 2.75) is 424 Å². The van der Waals surface area contributed by atoms with Crippen LogP contribution in [-0.4, -0.2) is 47.4 Å². The number of hydrogen-bond acceptors (Lipinski definition) is 5. The van der Waals surface area contributed by atoms with Crippen molar-refractivity contribution in [1.82, 2.24) is 5.32 Å². The van der Waals surface area contributed by atoms with E-state index in [-0.39, 0.29) is 18.5 Å². The molecule has 0 saturated heterocycles. The van der Waals surface area contributed by atoms with Gasteiger partial charge in [0.05, 0.1) is 25.4 Å². The van der Waals surface area contributed by atoms with E-state index in [4.69, 9.17) is 4.74 Å². The zero-order valence-corrected chi connectivity index (χ0v) is 57.8. The van der Waals surface area contributed by atoms with Crippen LogP contribution in [0.15, 0.2) is 60.8 Å². The molecule has 3 N–H and O–H groups in total. The van der Waals surface area contributed by atoms with Gasteiger partial charge in [-0.25, -0.2) is 0 Å². The van der Waals surface area contributed by atoms with E-state index in [1.165, 1.54) is 327 Å². The van der Waals surface area contributed by atoms with E-state index < -0.39 is 12.1 Å². The maximum absolute atomic E-state index is 12.5. The molecule has 0 heterocycles. The molecule has 86 heavy (non-hydrogen) atoms. The van der Waals surface area contributed by atoms with Crippen LogP contribution in [0.5, 0.6) is 0 Å². The zero-order chi connectivity index (χ0) is 62.0. The van der Waals surface area contributed by atoms with Gasteiger partial charge in [-0.2, -0.15) is 0 Å². The molecule has 0 aromatic heterocycles. The summed E-state index contributed by atoms with van der Waals surface area (Å²) in [6.07, 6.45) is 100. The van der Waals surface area contributed by atoms with E-state index in [9.17, 15) is 19.8 Å². The number of rotatable bonds is 72. The first-order chi connectivity index (χ1) is 42.5. The van der Waals surface area contributed by atoms with Crippen LogP contribution >= 0.6 is 0 Å². The fourth-order valence-electron chi connectivity index (χ4n) is 11.9. The number of aliphatic hydroxyl groups is 2. The predicted octanol–water partition coefficient (Wildman–Crippen LogP) is 25.4. The van der Waals surface area contributed by atoms with Crippen LogP contribution in [0.3, 0.4) is 0 Å². The molecule has 0 aliphatic carbocycles. The van der Waals surface area contributed by atoms with Gasteiger partial charge in [0, 0.05) is 12.8 Å². The molecule has 0 radical (unpaired) electrons. The first-order valence-electron chi connectivity index (χ1n) is 38.6.